The Kier molecular flexibility index (Phi) is 8.35. The molecule has 0 saturated carbocycles. The number of nitrogens with zero attached hydrogens (tertiary/aromatic N) is 2. The van der Waals surface area contributed by atoms with Crippen LogP contribution in [0.15, 0.2) is 41.5 Å². The van der Waals surface area contributed by atoms with Gasteiger partial charge in [0.05, 0.1) is 6.54 Å². The zero-order chi connectivity index (χ0) is 30.2. The topological polar surface area (TPSA) is 52.7 Å². The first-order valence-electron chi connectivity index (χ1n) is 14.6. The van der Waals surface area contributed by atoms with Gasteiger partial charge in [0.15, 0.2) is 0 Å². The predicted octanol–water partition coefficient (Wildman–Crippen LogP) is 4.87. The lowest BCUT2D eigenvalue weighted by Crippen LogP contribution is -2.54. The van der Waals surface area contributed by atoms with Gasteiger partial charge in [0.25, 0.3) is 11.8 Å². The summed E-state index contributed by atoms with van der Waals surface area (Å²) >= 11 is 0. The molecule has 42 heavy (non-hydrogen) atoms. The van der Waals surface area contributed by atoms with Crippen LogP contribution in [0.25, 0.3) is 24.4 Å². The average molecular weight is 578 g/mol. The highest BCUT2D eigenvalue weighted by atomic mass is 19.3. The quantitative estimate of drug-likeness (QED) is 0.511. The number of nitrogens with one attached hydrogen (secondary N) is 1. The second-order valence-electron chi connectivity index (χ2n) is 11.9. The van der Waals surface area contributed by atoms with Crippen molar-refractivity contribution in [3.05, 3.63) is 80.0 Å². The van der Waals surface area contributed by atoms with E-state index in [-0.39, 0.29) is 30.1 Å². The molecule has 0 spiro atoms. The molecule has 1 atom stereocenters. The van der Waals surface area contributed by atoms with Crippen LogP contribution in [-0.2, 0) is 4.79 Å². The number of benzene rings is 2. The zero-order valence-electron chi connectivity index (χ0n) is 24.6. The Balaban J connectivity index is 1.29. The Labute approximate surface area is 245 Å². The van der Waals surface area contributed by atoms with E-state index in [1.54, 1.807) is 12.1 Å². The number of hydrogen-bond acceptors (Lipinski definition) is 3. The molecule has 0 bridgehead atoms. The van der Waals surface area contributed by atoms with Crippen molar-refractivity contribution < 1.29 is 22.8 Å². The summed E-state index contributed by atoms with van der Waals surface area (Å²) < 4.78 is 41.3. The maximum atomic E-state index is 13.9. The van der Waals surface area contributed by atoms with Crippen molar-refractivity contribution in [2.75, 3.05) is 26.2 Å². The third-order valence-electron chi connectivity index (χ3n) is 8.60. The minimum absolute atomic E-state index is 0.0113. The van der Waals surface area contributed by atoms with Gasteiger partial charge in [-0.25, -0.2) is 13.2 Å². The monoisotopic (exact) mass is 577 g/mol. The Morgan fingerprint density at radius 1 is 1.07 bits per heavy atom. The van der Waals surface area contributed by atoms with Crippen LogP contribution in [0.5, 0.6) is 0 Å². The molecule has 1 unspecified atom stereocenters. The third kappa shape index (κ3) is 6.32. The number of allylic oxidation sites excluding steroid dienone is 1. The summed E-state index contributed by atoms with van der Waals surface area (Å²) in [5, 5.41) is 4.32. The fraction of sp³-hybridized carbons (Fsp3) is 0.412. The van der Waals surface area contributed by atoms with Crippen molar-refractivity contribution in [2.24, 2.45) is 5.92 Å². The van der Waals surface area contributed by atoms with Crippen molar-refractivity contribution >= 4 is 36.2 Å². The van der Waals surface area contributed by atoms with Crippen LogP contribution in [0.1, 0.15) is 67.1 Å². The standard InChI is InChI=1S/C34H38F3N3O2/c1-5-34(36,37)20-38-32(41)30-11-9-25-7-6-22(3)39(19-31(25)23(30)4)16-24-17-40(18-24)33(42)28-13-21(2)12-26-8-10-29(35)15-27(26)14-28/h7-12,14-15,19,22,24H,5-6,13,16-18,20H2,1-4H3,(H,38,41). The fourth-order valence-corrected chi connectivity index (χ4v) is 5.88. The molecule has 1 aliphatic carbocycles. The molecule has 5 rings (SSSR count). The molecule has 1 N–H and O–H groups in total. The fourth-order valence-electron chi connectivity index (χ4n) is 5.88. The van der Waals surface area contributed by atoms with Gasteiger partial charge in [0.2, 0.25) is 5.91 Å². The Morgan fingerprint density at radius 3 is 2.57 bits per heavy atom. The SMILES string of the molecule is CCC(F)(F)CNC(=O)c1ccc2c(c1C)=CN(CC1CN(C(=O)C3=Cc4cc(F)ccc4C=C(C)C3)C1)C(C)CC=2. The summed E-state index contributed by atoms with van der Waals surface area (Å²) in [6.45, 7) is 8.72. The lowest BCUT2D eigenvalue weighted by Gasteiger charge is -2.43. The van der Waals surface area contributed by atoms with E-state index in [0.717, 1.165) is 45.7 Å². The van der Waals surface area contributed by atoms with Crippen molar-refractivity contribution in [1.82, 2.24) is 15.1 Å². The molecule has 2 aromatic rings. The summed E-state index contributed by atoms with van der Waals surface area (Å²) in [5.41, 5.74) is 4.51. The van der Waals surface area contributed by atoms with E-state index in [1.807, 2.05) is 37.0 Å². The number of likely N-dealkylation sites (tertiary alicyclic amines) is 1. The van der Waals surface area contributed by atoms with Gasteiger partial charge in [0, 0.05) is 60.6 Å². The summed E-state index contributed by atoms with van der Waals surface area (Å²) in [6.07, 6.45) is 9.08. The Bertz CT molecular complexity index is 1590. The van der Waals surface area contributed by atoms with Crippen LogP contribution < -0.4 is 15.8 Å². The normalized spacial score (nSPS) is 18.7. The van der Waals surface area contributed by atoms with E-state index in [4.69, 9.17) is 0 Å². The van der Waals surface area contributed by atoms with Gasteiger partial charge in [-0.05, 0) is 79.8 Å². The van der Waals surface area contributed by atoms with Gasteiger partial charge >= 0.3 is 0 Å². The van der Waals surface area contributed by atoms with Crippen LogP contribution in [-0.4, -0.2) is 59.8 Å². The number of halogens is 3. The zero-order valence-corrected chi connectivity index (χ0v) is 24.6. The maximum Gasteiger partial charge on any atom is 0.264 e. The molecule has 0 aromatic heterocycles. The molecule has 5 nitrogen and oxygen atoms in total. The van der Waals surface area contributed by atoms with Crippen molar-refractivity contribution in [2.45, 2.75) is 58.9 Å². The van der Waals surface area contributed by atoms with Gasteiger partial charge in [-0.3, -0.25) is 9.59 Å². The van der Waals surface area contributed by atoms with Gasteiger partial charge in [-0.15, -0.1) is 0 Å². The minimum Gasteiger partial charge on any atom is -0.373 e. The first-order chi connectivity index (χ1) is 19.9. The number of carbonyl (C=O) groups is 2. The lowest BCUT2D eigenvalue weighted by atomic mass is 9.95. The molecule has 2 aliphatic heterocycles. The second kappa shape index (κ2) is 11.8. The van der Waals surface area contributed by atoms with E-state index in [9.17, 15) is 22.8 Å². The molecule has 1 saturated heterocycles. The third-order valence-corrected chi connectivity index (χ3v) is 8.60. The largest absolute Gasteiger partial charge is 0.373 e. The molecule has 8 heteroatoms. The highest BCUT2D eigenvalue weighted by molar-refractivity contribution is 6.00. The molecule has 1 fully saturated rings. The maximum absolute atomic E-state index is 13.9. The smallest absolute Gasteiger partial charge is 0.264 e. The second-order valence-corrected chi connectivity index (χ2v) is 11.9. The molecule has 3 aliphatic rings. The van der Waals surface area contributed by atoms with Crippen LogP contribution in [0.2, 0.25) is 0 Å². The number of carbonyl (C=O) groups excluding carboxylic acids is 2. The lowest BCUT2D eigenvalue weighted by molar-refractivity contribution is -0.133. The molecule has 2 heterocycles. The summed E-state index contributed by atoms with van der Waals surface area (Å²) in [5.74, 6) is -3.49. The van der Waals surface area contributed by atoms with Crippen LogP contribution in [0.3, 0.4) is 0 Å². The molecule has 0 radical (unpaired) electrons. The van der Waals surface area contributed by atoms with Gasteiger partial charge in [-0.1, -0.05) is 36.8 Å². The van der Waals surface area contributed by atoms with E-state index in [1.165, 1.54) is 19.1 Å². The average Bonchev–Trinajstić information content (AvgIpc) is 3.20. The molecule has 222 valence electrons. The number of alkyl halides is 2. The first kappa shape index (κ1) is 29.7. The van der Waals surface area contributed by atoms with Crippen molar-refractivity contribution in [3.8, 4) is 0 Å². The van der Waals surface area contributed by atoms with Crippen molar-refractivity contribution in [1.29, 1.82) is 0 Å². The number of hydrogen-bond donors (Lipinski definition) is 1. The van der Waals surface area contributed by atoms with Gasteiger partial charge in [0.1, 0.15) is 5.82 Å². The van der Waals surface area contributed by atoms with Crippen molar-refractivity contribution in [3.63, 3.8) is 0 Å². The van der Waals surface area contributed by atoms with Crippen LogP contribution in [0.4, 0.5) is 13.2 Å². The van der Waals surface area contributed by atoms with E-state index in [2.05, 4.69) is 29.4 Å². The van der Waals surface area contributed by atoms with Crippen LogP contribution >= 0.6 is 0 Å². The molecular weight excluding hydrogens is 539 g/mol. The minimum atomic E-state index is -2.94. The Morgan fingerprint density at radius 2 is 1.83 bits per heavy atom. The number of amides is 2. The van der Waals surface area contributed by atoms with Gasteiger partial charge in [-0.2, -0.15) is 0 Å². The molecule has 2 amide bonds. The predicted molar refractivity (Wildman–Crippen MR) is 160 cm³/mol. The number of rotatable bonds is 7. The summed E-state index contributed by atoms with van der Waals surface area (Å²) in [6, 6.07) is 8.46. The van der Waals surface area contributed by atoms with Crippen LogP contribution in [0, 0.1) is 18.7 Å². The van der Waals surface area contributed by atoms with Gasteiger partial charge < -0.3 is 15.1 Å². The highest BCUT2D eigenvalue weighted by Gasteiger charge is 2.34. The van der Waals surface area contributed by atoms with E-state index < -0.39 is 18.4 Å². The van der Waals surface area contributed by atoms with E-state index in [0.29, 0.717) is 30.6 Å². The molecular formula is C34H38F3N3O2. The summed E-state index contributed by atoms with van der Waals surface area (Å²) in [4.78, 5) is 30.3. The number of fused-ring (bicyclic) bond motifs is 2. The van der Waals surface area contributed by atoms with E-state index >= 15 is 0 Å². The Hall–Kier alpha value is -3.81. The summed E-state index contributed by atoms with van der Waals surface area (Å²) in [7, 11) is 0. The first-order valence-corrected chi connectivity index (χ1v) is 14.6. The highest BCUT2D eigenvalue weighted by Crippen LogP contribution is 2.29. The molecule has 2 aromatic carbocycles.